The molecular formula is C21H23NOS. The summed E-state index contributed by atoms with van der Waals surface area (Å²) < 4.78 is 0. The Bertz CT molecular complexity index is 785. The van der Waals surface area contributed by atoms with Gasteiger partial charge in [0, 0.05) is 28.2 Å². The van der Waals surface area contributed by atoms with Crippen LogP contribution >= 0.6 is 11.8 Å². The number of rotatable bonds is 2. The maximum absolute atomic E-state index is 11.8. The van der Waals surface area contributed by atoms with Gasteiger partial charge in [0.2, 0.25) is 5.91 Å². The minimum Gasteiger partial charge on any atom is -0.353 e. The molecule has 1 fully saturated rings. The van der Waals surface area contributed by atoms with Crippen LogP contribution in [0.25, 0.3) is 0 Å². The van der Waals surface area contributed by atoms with E-state index in [0.29, 0.717) is 24.3 Å². The van der Waals surface area contributed by atoms with Gasteiger partial charge in [-0.15, -0.1) is 0 Å². The molecule has 1 heterocycles. The predicted molar refractivity (Wildman–Crippen MR) is 98.5 cm³/mol. The Morgan fingerprint density at radius 2 is 2.00 bits per heavy atom. The molecule has 2 aromatic rings. The minimum absolute atomic E-state index is 0.221. The van der Waals surface area contributed by atoms with Crippen LogP contribution in [-0.2, 0) is 11.2 Å². The Morgan fingerprint density at radius 3 is 2.83 bits per heavy atom. The molecule has 0 saturated carbocycles. The van der Waals surface area contributed by atoms with Gasteiger partial charge in [-0.05, 0) is 60.6 Å². The van der Waals surface area contributed by atoms with Gasteiger partial charge < -0.3 is 5.32 Å². The number of benzene rings is 2. The number of fused-ring (bicyclic) bond motifs is 3. The zero-order valence-corrected chi connectivity index (χ0v) is 15.0. The number of carbonyl (C=O) groups is 1. The Labute approximate surface area is 148 Å². The van der Waals surface area contributed by atoms with E-state index in [0.717, 1.165) is 12.8 Å². The van der Waals surface area contributed by atoms with Crippen molar-refractivity contribution in [1.82, 2.24) is 5.32 Å². The van der Waals surface area contributed by atoms with Gasteiger partial charge in [-0.2, -0.15) is 0 Å². The molecular weight excluding hydrogens is 314 g/mol. The molecule has 3 heteroatoms. The summed E-state index contributed by atoms with van der Waals surface area (Å²) in [7, 11) is 0. The van der Waals surface area contributed by atoms with E-state index in [1.54, 1.807) is 0 Å². The number of amides is 1. The van der Waals surface area contributed by atoms with E-state index in [-0.39, 0.29) is 5.91 Å². The van der Waals surface area contributed by atoms with Gasteiger partial charge in [-0.25, -0.2) is 0 Å². The summed E-state index contributed by atoms with van der Waals surface area (Å²) in [6, 6.07) is 15.8. The van der Waals surface area contributed by atoms with E-state index in [2.05, 4.69) is 61.6 Å². The van der Waals surface area contributed by atoms with Crippen molar-refractivity contribution in [3.63, 3.8) is 0 Å². The molecule has 0 bridgehead atoms. The van der Waals surface area contributed by atoms with E-state index in [1.165, 1.54) is 26.5 Å². The zero-order chi connectivity index (χ0) is 16.7. The molecule has 0 radical (unpaired) electrons. The fourth-order valence-corrected chi connectivity index (χ4v) is 5.21. The predicted octanol–water partition coefficient (Wildman–Crippen LogP) is 4.70. The van der Waals surface area contributed by atoms with E-state index in [9.17, 15) is 4.79 Å². The molecule has 3 atom stereocenters. The first kappa shape index (κ1) is 15.8. The smallest absolute Gasteiger partial charge is 0.220 e. The van der Waals surface area contributed by atoms with Gasteiger partial charge >= 0.3 is 0 Å². The topological polar surface area (TPSA) is 29.1 Å². The fraction of sp³-hybridized carbons (Fsp3) is 0.381. The lowest BCUT2D eigenvalue weighted by Gasteiger charge is -2.41. The summed E-state index contributed by atoms with van der Waals surface area (Å²) in [5.41, 5.74) is 4.25. The van der Waals surface area contributed by atoms with E-state index in [4.69, 9.17) is 0 Å². The van der Waals surface area contributed by atoms with Crippen molar-refractivity contribution in [2.24, 2.45) is 5.92 Å². The summed E-state index contributed by atoms with van der Waals surface area (Å²) in [4.78, 5) is 14.5. The van der Waals surface area contributed by atoms with Gasteiger partial charge in [-0.3, -0.25) is 4.79 Å². The molecule has 1 aliphatic carbocycles. The maximum Gasteiger partial charge on any atom is 0.220 e. The molecule has 1 amide bonds. The second-order valence-corrected chi connectivity index (χ2v) is 8.26. The number of aryl methyl sites for hydroxylation is 2. The molecule has 2 aliphatic rings. The first-order chi connectivity index (χ1) is 11.6. The Balaban J connectivity index is 1.63. The number of hydrogen-bond donors (Lipinski definition) is 1. The van der Waals surface area contributed by atoms with Crippen molar-refractivity contribution in [2.75, 3.05) is 0 Å². The van der Waals surface area contributed by atoms with Crippen molar-refractivity contribution in [1.29, 1.82) is 0 Å². The monoisotopic (exact) mass is 337 g/mol. The van der Waals surface area contributed by atoms with Gasteiger partial charge in [-0.1, -0.05) is 43.0 Å². The van der Waals surface area contributed by atoms with Crippen molar-refractivity contribution in [3.05, 3.63) is 59.2 Å². The van der Waals surface area contributed by atoms with Crippen LogP contribution in [0.2, 0.25) is 0 Å². The third-order valence-electron chi connectivity index (χ3n) is 5.42. The van der Waals surface area contributed by atoms with Crippen LogP contribution in [0.15, 0.2) is 52.3 Å². The van der Waals surface area contributed by atoms with Crippen molar-refractivity contribution in [3.8, 4) is 0 Å². The van der Waals surface area contributed by atoms with E-state index in [1.807, 2.05) is 11.8 Å². The van der Waals surface area contributed by atoms with Crippen molar-refractivity contribution >= 4 is 17.7 Å². The molecule has 2 nitrogen and oxygen atoms in total. The summed E-state index contributed by atoms with van der Waals surface area (Å²) in [6.07, 6.45) is 2.78. The highest BCUT2D eigenvalue weighted by molar-refractivity contribution is 7.99. The SMILES string of the molecule is Cc1ccccc1Sc1ccc2c(c1)CCC1NC(=O)CC(C)C21. The highest BCUT2D eigenvalue weighted by atomic mass is 32.2. The first-order valence-electron chi connectivity index (χ1n) is 8.77. The average molecular weight is 337 g/mol. The molecule has 4 rings (SSSR count). The summed E-state index contributed by atoms with van der Waals surface area (Å²) in [6.45, 7) is 4.39. The molecule has 0 aromatic heterocycles. The summed E-state index contributed by atoms with van der Waals surface area (Å²) >= 11 is 1.85. The largest absolute Gasteiger partial charge is 0.353 e. The van der Waals surface area contributed by atoms with Crippen LogP contribution in [0, 0.1) is 12.8 Å². The molecule has 0 spiro atoms. The average Bonchev–Trinajstić information content (AvgIpc) is 2.56. The van der Waals surface area contributed by atoms with Gasteiger partial charge in [0.15, 0.2) is 0 Å². The van der Waals surface area contributed by atoms with Crippen LogP contribution in [0.4, 0.5) is 0 Å². The van der Waals surface area contributed by atoms with E-state index >= 15 is 0 Å². The second kappa shape index (κ2) is 6.29. The molecule has 1 saturated heterocycles. The first-order valence-corrected chi connectivity index (χ1v) is 9.59. The second-order valence-electron chi connectivity index (χ2n) is 7.15. The molecule has 1 N–H and O–H groups in total. The fourth-order valence-electron chi connectivity index (χ4n) is 4.24. The van der Waals surface area contributed by atoms with Crippen LogP contribution in [-0.4, -0.2) is 11.9 Å². The van der Waals surface area contributed by atoms with Crippen LogP contribution < -0.4 is 5.32 Å². The Morgan fingerprint density at radius 1 is 1.17 bits per heavy atom. The molecule has 1 aliphatic heterocycles. The third kappa shape index (κ3) is 2.86. The number of hydrogen-bond acceptors (Lipinski definition) is 2. The standard InChI is InChI=1S/C21H23NOS/c1-13-5-3-4-6-19(13)24-16-8-9-17-15(12-16)7-10-18-21(17)14(2)11-20(23)22-18/h3-6,8-9,12,14,18,21H,7,10-11H2,1-2H3,(H,22,23). The van der Waals surface area contributed by atoms with Crippen molar-refractivity contribution < 1.29 is 4.79 Å². The number of piperidine rings is 1. The molecule has 2 aromatic carbocycles. The quantitative estimate of drug-likeness (QED) is 0.860. The molecule has 3 unspecified atom stereocenters. The van der Waals surface area contributed by atoms with Crippen LogP contribution in [0.1, 0.15) is 42.4 Å². The number of nitrogens with one attached hydrogen (secondary N) is 1. The lowest BCUT2D eigenvalue weighted by Crippen LogP contribution is -2.49. The van der Waals surface area contributed by atoms with Crippen LogP contribution in [0.3, 0.4) is 0 Å². The molecule has 124 valence electrons. The maximum atomic E-state index is 11.8. The van der Waals surface area contributed by atoms with Gasteiger partial charge in [0.1, 0.15) is 0 Å². The summed E-state index contributed by atoms with van der Waals surface area (Å²) in [5, 5.41) is 3.21. The van der Waals surface area contributed by atoms with Crippen molar-refractivity contribution in [2.45, 2.75) is 54.9 Å². The summed E-state index contributed by atoms with van der Waals surface area (Å²) in [5.74, 6) is 1.13. The molecule has 24 heavy (non-hydrogen) atoms. The zero-order valence-electron chi connectivity index (χ0n) is 14.2. The Hall–Kier alpha value is -1.74. The van der Waals surface area contributed by atoms with Gasteiger partial charge in [0.25, 0.3) is 0 Å². The van der Waals surface area contributed by atoms with Crippen LogP contribution in [0.5, 0.6) is 0 Å². The minimum atomic E-state index is 0.221. The van der Waals surface area contributed by atoms with Gasteiger partial charge in [0.05, 0.1) is 0 Å². The van der Waals surface area contributed by atoms with E-state index < -0.39 is 0 Å². The highest BCUT2D eigenvalue weighted by Crippen LogP contribution is 2.42. The third-order valence-corrected chi connectivity index (χ3v) is 6.59. The lowest BCUT2D eigenvalue weighted by atomic mass is 9.70. The highest BCUT2D eigenvalue weighted by Gasteiger charge is 2.38. The Kier molecular flexibility index (Phi) is 4.13. The normalized spacial score (nSPS) is 25.6. The number of carbonyl (C=O) groups excluding carboxylic acids is 1. The lowest BCUT2D eigenvalue weighted by molar-refractivity contribution is -0.125.